The third-order valence-electron chi connectivity index (χ3n) is 5.67. The Morgan fingerprint density at radius 2 is 2.07 bits per heavy atom. The summed E-state index contributed by atoms with van der Waals surface area (Å²) in [6, 6.07) is 12.3. The van der Waals surface area contributed by atoms with E-state index in [0.29, 0.717) is 10.8 Å². The van der Waals surface area contributed by atoms with Crippen LogP contribution in [0, 0.1) is 0 Å². The van der Waals surface area contributed by atoms with Gasteiger partial charge in [-0.1, -0.05) is 47.1 Å². The Morgan fingerprint density at radius 3 is 2.82 bits per heavy atom. The predicted octanol–water partition coefficient (Wildman–Crippen LogP) is 3.65. The van der Waals surface area contributed by atoms with Crippen LogP contribution < -0.4 is 5.32 Å². The van der Waals surface area contributed by atoms with E-state index in [1.165, 1.54) is 16.9 Å². The zero-order chi connectivity index (χ0) is 19.3. The average Bonchev–Trinajstić information content (AvgIpc) is 3.32. The second kappa shape index (κ2) is 6.93. The zero-order valence-electron chi connectivity index (χ0n) is 15.4. The van der Waals surface area contributed by atoms with Crippen molar-refractivity contribution in [3.63, 3.8) is 0 Å². The number of aliphatic hydroxyl groups excluding tert-OH is 1. The van der Waals surface area contributed by atoms with Crippen molar-refractivity contribution in [2.24, 2.45) is 7.05 Å². The Balaban J connectivity index is 1.60. The molecule has 0 aliphatic carbocycles. The number of piperidine rings is 1. The SMILES string of the molecule is Cn1cc(C2CC3(CC(c4ccccc4)N2)OCC(O)c2cc(Cl)sc23)nn1. The third-order valence-corrected chi connectivity index (χ3v) is 7.14. The summed E-state index contributed by atoms with van der Waals surface area (Å²) in [6.07, 6.45) is 2.79. The molecule has 0 bridgehead atoms. The van der Waals surface area contributed by atoms with Crippen LogP contribution in [0.5, 0.6) is 0 Å². The molecule has 28 heavy (non-hydrogen) atoms. The molecule has 1 fully saturated rings. The Hall–Kier alpha value is -1.77. The number of hydrogen-bond acceptors (Lipinski definition) is 6. The van der Waals surface area contributed by atoms with Crippen molar-refractivity contribution in [2.45, 2.75) is 36.6 Å². The van der Waals surface area contributed by atoms with E-state index in [4.69, 9.17) is 16.3 Å². The van der Waals surface area contributed by atoms with Gasteiger partial charge in [0.25, 0.3) is 0 Å². The molecule has 8 heteroatoms. The maximum absolute atomic E-state index is 10.4. The average molecular weight is 417 g/mol. The van der Waals surface area contributed by atoms with Crippen LogP contribution in [0.1, 0.15) is 52.7 Å². The molecule has 6 nitrogen and oxygen atoms in total. The van der Waals surface area contributed by atoms with Crippen molar-refractivity contribution < 1.29 is 9.84 Å². The van der Waals surface area contributed by atoms with E-state index in [-0.39, 0.29) is 18.7 Å². The first kappa shape index (κ1) is 18.3. The fourth-order valence-corrected chi connectivity index (χ4v) is 5.85. The van der Waals surface area contributed by atoms with E-state index in [9.17, 15) is 5.11 Å². The van der Waals surface area contributed by atoms with E-state index in [0.717, 1.165) is 22.6 Å². The smallest absolute Gasteiger partial charge is 0.106 e. The molecular weight excluding hydrogens is 396 g/mol. The zero-order valence-corrected chi connectivity index (χ0v) is 17.0. The summed E-state index contributed by atoms with van der Waals surface area (Å²) in [5.41, 5.74) is 2.48. The fraction of sp³-hybridized carbons (Fsp3) is 0.400. The number of nitrogens with zero attached hydrogens (tertiary/aromatic N) is 3. The number of rotatable bonds is 2. The minimum absolute atomic E-state index is 0.0170. The number of aliphatic hydroxyl groups is 1. The van der Waals surface area contributed by atoms with Gasteiger partial charge in [-0.05, 0) is 11.6 Å². The Labute approximate surface area is 172 Å². The molecule has 1 spiro atoms. The summed E-state index contributed by atoms with van der Waals surface area (Å²) in [6.45, 7) is 0.273. The number of halogens is 1. The van der Waals surface area contributed by atoms with Crippen LogP contribution in [0.3, 0.4) is 0 Å². The summed E-state index contributed by atoms with van der Waals surface area (Å²) in [4.78, 5) is 1.03. The van der Waals surface area contributed by atoms with Gasteiger partial charge in [0.15, 0.2) is 0 Å². The highest BCUT2D eigenvalue weighted by Gasteiger charge is 2.49. The summed E-state index contributed by atoms with van der Waals surface area (Å²) < 4.78 is 8.77. The van der Waals surface area contributed by atoms with Crippen LogP contribution in [-0.4, -0.2) is 26.7 Å². The largest absolute Gasteiger partial charge is 0.386 e. The molecule has 2 aromatic heterocycles. The van der Waals surface area contributed by atoms with Crippen molar-refractivity contribution in [3.05, 3.63) is 68.6 Å². The number of benzene rings is 1. The molecule has 4 heterocycles. The highest BCUT2D eigenvalue weighted by Crippen LogP contribution is 2.53. The quantitative estimate of drug-likeness (QED) is 0.667. The lowest BCUT2D eigenvalue weighted by Gasteiger charge is -2.47. The van der Waals surface area contributed by atoms with Gasteiger partial charge in [-0.3, -0.25) is 4.68 Å². The van der Waals surface area contributed by atoms with Crippen LogP contribution in [0.25, 0.3) is 0 Å². The molecule has 146 valence electrons. The van der Waals surface area contributed by atoms with E-state index < -0.39 is 11.7 Å². The van der Waals surface area contributed by atoms with Crippen molar-refractivity contribution in [1.82, 2.24) is 20.3 Å². The monoisotopic (exact) mass is 416 g/mol. The lowest BCUT2D eigenvalue weighted by Crippen LogP contribution is -2.47. The molecule has 2 N–H and O–H groups in total. The van der Waals surface area contributed by atoms with E-state index >= 15 is 0 Å². The van der Waals surface area contributed by atoms with Gasteiger partial charge in [-0.15, -0.1) is 16.4 Å². The van der Waals surface area contributed by atoms with Gasteiger partial charge in [0.05, 0.1) is 22.7 Å². The summed E-state index contributed by atoms with van der Waals surface area (Å²) >= 11 is 7.85. The second-order valence-corrected chi connectivity index (χ2v) is 9.25. The summed E-state index contributed by atoms with van der Waals surface area (Å²) in [7, 11) is 1.87. The topological polar surface area (TPSA) is 72.2 Å². The van der Waals surface area contributed by atoms with E-state index in [1.807, 2.05) is 25.4 Å². The predicted molar refractivity (Wildman–Crippen MR) is 107 cm³/mol. The first-order valence-electron chi connectivity index (χ1n) is 9.33. The molecule has 5 rings (SSSR count). The number of fused-ring (bicyclic) bond motifs is 2. The standard InChI is InChI=1S/C20H21ClN4O2S/c1-25-10-16(23-24-25)15-9-20(8-14(22-15)12-5-3-2-4-6-12)19-13(7-18(21)28-19)17(26)11-27-20/h2-7,10,14-15,17,22,26H,8-9,11H2,1H3. The van der Waals surface area contributed by atoms with Gasteiger partial charge in [-0.2, -0.15) is 0 Å². The van der Waals surface area contributed by atoms with E-state index in [1.54, 1.807) is 4.68 Å². The van der Waals surface area contributed by atoms with Crippen LogP contribution in [0.4, 0.5) is 0 Å². The number of aromatic nitrogens is 3. The van der Waals surface area contributed by atoms with Crippen LogP contribution >= 0.6 is 22.9 Å². The van der Waals surface area contributed by atoms with E-state index in [2.05, 4.69) is 39.9 Å². The van der Waals surface area contributed by atoms with Crippen molar-refractivity contribution in [1.29, 1.82) is 0 Å². The number of aryl methyl sites for hydroxylation is 1. The fourth-order valence-electron chi connectivity index (χ4n) is 4.39. The minimum Gasteiger partial charge on any atom is -0.386 e. The Kier molecular flexibility index (Phi) is 4.52. The molecule has 4 atom stereocenters. The number of nitrogens with one attached hydrogen (secondary N) is 1. The molecule has 2 aliphatic heterocycles. The molecule has 1 aromatic carbocycles. The number of thiophene rings is 1. The summed E-state index contributed by atoms with van der Waals surface area (Å²) in [5, 5.41) is 22.6. The van der Waals surface area contributed by atoms with Gasteiger partial charge in [0.1, 0.15) is 11.7 Å². The number of ether oxygens (including phenoxy) is 1. The van der Waals surface area contributed by atoms with Gasteiger partial charge in [0, 0.05) is 42.6 Å². The molecule has 3 aromatic rings. The normalized spacial score (nSPS) is 29.8. The van der Waals surface area contributed by atoms with Crippen LogP contribution in [0.2, 0.25) is 4.34 Å². The highest BCUT2D eigenvalue weighted by molar-refractivity contribution is 7.16. The maximum Gasteiger partial charge on any atom is 0.106 e. The Morgan fingerprint density at radius 1 is 1.29 bits per heavy atom. The van der Waals surface area contributed by atoms with Crippen molar-refractivity contribution in [3.8, 4) is 0 Å². The maximum atomic E-state index is 10.4. The molecule has 0 amide bonds. The summed E-state index contributed by atoms with van der Waals surface area (Å²) in [5.74, 6) is 0. The van der Waals surface area contributed by atoms with Crippen molar-refractivity contribution in [2.75, 3.05) is 6.61 Å². The number of hydrogen-bond donors (Lipinski definition) is 2. The molecule has 4 unspecified atom stereocenters. The molecule has 1 saturated heterocycles. The second-order valence-electron chi connectivity index (χ2n) is 7.56. The van der Waals surface area contributed by atoms with Gasteiger partial charge < -0.3 is 15.2 Å². The highest BCUT2D eigenvalue weighted by atomic mass is 35.5. The lowest BCUT2D eigenvalue weighted by molar-refractivity contribution is -0.131. The van der Waals surface area contributed by atoms with Gasteiger partial charge in [-0.25, -0.2) is 0 Å². The first-order chi connectivity index (χ1) is 13.5. The van der Waals surface area contributed by atoms with Gasteiger partial charge in [0.2, 0.25) is 0 Å². The van der Waals surface area contributed by atoms with Crippen molar-refractivity contribution >= 4 is 22.9 Å². The van der Waals surface area contributed by atoms with Crippen LogP contribution in [-0.2, 0) is 17.4 Å². The minimum atomic E-state index is -0.635. The molecule has 0 saturated carbocycles. The van der Waals surface area contributed by atoms with Crippen LogP contribution in [0.15, 0.2) is 42.6 Å². The molecule has 0 radical (unpaired) electrons. The first-order valence-corrected chi connectivity index (χ1v) is 10.5. The Bertz CT molecular complexity index is 991. The molecular formula is C20H21ClN4O2S. The third kappa shape index (κ3) is 3.07. The lowest BCUT2D eigenvalue weighted by atomic mass is 9.77. The van der Waals surface area contributed by atoms with Gasteiger partial charge >= 0.3 is 0 Å². The molecule has 2 aliphatic rings.